The highest BCUT2D eigenvalue weighted by atomic mass is 16.5. The first-order valence-corrected chi connectivity index (χ1v) is 3.46. The van der Waals surface area contributed by atoms with Crippen molar-refractivity contribution in [3.63, 3.8) is 0 Å². The maximum absolute atomic E-state index is 10.9. The fourth-order valence-electron chi connectivity index (χ4n) is 0.960. The van der Waals surface area contributed by atoms with Crippen LogP contribution in [0, 0.1) is 0 Å². The Morgan fingerprint density at radius 1 is 1.82 bits per heavy atom. The van der Waals surface area contributed by atoms with Crippen molar-refractivity contribution in [3.05, 3.63) is 23.8 Å². The van der Waals surface area contributed by atoms with Crippen molar-refractivity contribution in [2.45, 2.75) is 12.5 Å². The number of carbonyl (C=O) groups is 1. The minimum absolute atomic E-state index is 0.0471. The number of esters is 1. The molecule has 0 heterocycles. The highest BCUT2D eigenvalue weighted by Crippen LogP contribution is 2.09. The summed E-state index contributed by atoms with van der Waals surface area (Å²) in [5, 5.41) is 0. The molecule has 0 amide bonds. The third-order valence-corrected chi connectivity index (χ3v) is 1.52. The number of methoxy groups -OCH3 is 1. The summed E-state index contributed by atoms with van der Waals surface area (Å²) in [7, 11) is 1.36. The molecule has 0 aromatic rings. The molecular formula is C8H11NO2. The second-order valence-electron chi connectivity index (χ2n) is 2.42. The number of carbonyl (C=O) groups excluding carboxylic acids is 1. The lowest BCUT2D eigenvalue weighted by atomic mass is 10.0. The minimum atomic E-state index is -0.323. The Bertz CT molecular complexity index is 218. The van der Waals surface area contributed by atoms with E-state index in [1.165, 1.54) is 7.11 Å². The minimum Gasteiger partial charge on any atom is -0.465 e. The summed E-state index contributed by atoms with van der Waals surface area (Å²) in [6.45, 7) is 0. The zero-order valence-electron chi connectivity index (χ0n) is 6.41. The van der Waals surface area contributed by atoms with E-state index in [-0.39, 0.29) is 12.0 Å². The molecular weight excluding hydrogens is 142 g/mol. The van der Waals surface area contributed by atoms with Crippen LogP contribution >= 0.6 is 0 Å². The summed E-state index contributed by atoms with van der Waals surface area (Å²) >= 11 is 0. The van der Waals surface area contributed by atoms with Gasteiger partial charge in [-0.05, 0) is 6.42 Å². The topological polar surface area (TPSA) is 52.3 Å². The van der Waals surface area contributed by atoms with E-state index in [9.17, 15) is 4.79 Å². The summed E-state index contributed by atoms with van der Waals surface area (Å²) in [6.07, 6.45) is 6.11. The van der Waals surface area contributed by atoms with Gasteiger partial charge in [0.05, 0.1) is 12.7 Å². The van der Waals surface area contributed by atoms with Gasteiger partial charge in [-0.1, -0.05) is 18.2 Å². The van der Waals surface area contributed by atoms with Crippen molar-refractivity contribution in [3.8, 4) is 0 Å². The van der Waals surface area contributed by atoms with E-state index in [0.29, 0.717) is 5.57 Å². The zero-order chi connectivity index (χ0) is 8.27. The predicted octanol–water partition coefficient (Wildman–Crippen LogP) is 0.373. The van der Waals surface area contributed by atoms with Crippen molar-refractivity contribution in [2.24, 2.45) is 5.73 Å². The molecule has 3 nitrogen and oxygen atoms in total. The molecule has 0 spiro atoms. The monoisotopic (exact) mass is 153 g/mol. The molecule has 0 radical (unpaired) electrons. The van der Waals surface area contributed by atoms with Gasteiger partial charge in [-0.2, -0.15) is 0 Å². The lowest BCUT2D eigenvalue weighted by Crippen LogP contribution is -2.20. The van der Waals surface area contributed by atoms with Crippen LogP contribution in [0.25, 0.3) is 0 Å². The molecule has 1 aliphatic carbocycles. The van der Waals surface area contributed by atoms with E-state index in [1.807, 2.05) is 6.08 Å². The third kappa shape index (κ3) is 1.91. The van der Waals surface area contributed by atoms with Gasteiger partial charge < -0.3 is 10.5 Å². The second-order valence-corrected chi connectivity index (χ2v) is 2.42. The molecule has 1 rings (SSSR count). The Labute approximate surface area is 65.5 Å². The van der Waals surface area contributed by atoms with Gasteiger partial charge in [0.25, 0.3) is 0 Å². The molecule has 0 fully saturated rings. The Hall–Kier alpha value is -1.09. The Balaban J connectivity index is 2.71. The molecule has 11 heavy (non-hydrogen) atoms. The molecule has 0 bridgehead atoms. The number of hydrogen-bond donors (Lipinski definition) is 1. The molecule has 1 atom stereocenters. The van der Waals surface area contributed by atoms with Crippen molar-refractivity contribution < 1.29 is 9.53 Å². The summed E-state index contributed by atoms with van der Waals surface area (Å²) < 4.78 is 4.52. The van der Waals surface area contributed by atoms with E-state index in [1.54, 1.807) is 12.2 Å². The molecule has 0 aromatic heterocycles. The fraction of sp³-hybridized carbons (Fsp3) is 0.375. The highest BCUT2D eigenvalue weighted by Gasteiger charge is 2.10. The molecule has 60 valence electrons. The highest BCUT2D eigenvalue weighted by molar-refractivity contribution is 5.91. The molecule has 0 saturated carbocycles. The maximum Gasteiger partial charge on any atom is 0.337 e. The van der Waals surface area contributed by atoms with Crippen LogP contribution in [0.2, 0.25) is 0 Å². The van der Waals surface area contributed by atoms with Crippen molar-refractivity contribution in [1.82, 2.24) is 0 Å². The molecule has 3 heteroatoms. The van der Waals surface area contributed by atoms with E-state index < -0.39 is 0 Å². The average Bonchev–Trinajstić information content (AvgIpc) is 2.03. The van der Waals surface area contributed by atoms with Crippen LogP contribution in [0.3, 0.4) is 0 Å². The van der Waals surface area contributed by atoms with Crippen molar-refractivity contribution >= 4 is 5.97 Å². The zero-order valence-corrected chi connectivity index (χ0v) is 6.41. The summed E-state index contributed by atoms with van der Waals surface area (Å²) in [5.74, 6) is -0.323. The van der Waals surface area contributed by atoms with E-state index in [2.05, 4.69) is 4.74 Å². The van der Waals surface area contributed by atoms with Gasteiger partial charge in [-0.15, -0.1) is 0 Å². The quantitative estimate of drug-likeness (QED) is 0.554. The molecule has 0 saturated heterocycles. The van der Waals surface area contributed by atoms with E-state index in [0.717, 1.165) is 6.42 Å². The normalized spacial score (nSPS) is 22.7. The number of rotatable bonds is 1. The third-order valence-electron chi connectivity index (χ3n) is 1.52. The molecule has 1 unspecified atom stereocenters. The first-order chi connectivity index (χ1) is 5.24. The van der Waals surface area contributed by atoms with Crippen LogP contribution in [-0.2, 0) is 9.53 Å². The molecule has 0 aliphatic heterocycles. The van der Waals surface area contributed by atoms with Gasteiger partial charge in [0, 0.05) is 6.04 Å². The van der Waals surface area contributed by atoms with Crippen LogP contribution in [0.4, 0.5) is 0 Å². The molecule has 0 aromatic carbocycles. The van der Waals surface area contributed by atoms with Crippen LogP contribution in [-0.4, -0.2) is 19.1 Å². The summed E-state index contributed by atoms with van der Waals surface area (Å²) in [4.78, 5) is 10.9. The van der Waals surface area contributed by atoms with Crippen LogP contribution in [0.5, 0.6) is 0 Å². The van der Waals surface area contributed by atoms with Crippen LogP contribution < -0.4 is 5.73 Å². The predicted molar refractivity (Wildman–Crippen MR) is 41.8 cm³/mol. The largest absolute Gasteiger partial charge is 0.465 e. The van der Waals surface area contributed by atoms with Crippen LogP contribution in [0.1, 0.15) is 6.42 Å². The molecule has 2 N–H and O–H groups in total. The number of nitrogens with two attached hydrogens (primary N) is 1. The van der Waals surface area contributed by atoms with Gasteiger partial charge in [-0.3, -0.25) is 0 Å². The van der Waals surface area contributed by atoms with Gasteiger partial charge >= 0.3 is 5.97 Å². The van der Waals surface area contributed by atoms with Crippen molar-refractivity contribution in [1.29, 1.82) is 0 Å². The smallest absolute Gasteiger partial charge is 0.337 e. The molecule has 1 aliphatic rings. The van der Waals surface area contributed by atoms with Gasteiger partial charge in [0.1, 0.15) is 0 Å². The average molecular weight is 153 g/mol. The van der Waals surface area contributed by atoms with Gasteiger partial charge in [0.15, 0.2) is 0 Å². The lowest BCUT2D eigenvalue weighted by molar-refractivity contribution is -0.135. The SMILES string of the molecule is COC(=O)C1=CC(N)CC=C1. The van der Waals surface area contributed by atoms with Gasteiger partial charge in [0.2, 0.25) is 0 Å². The first-order valence-electron chi connectivity index (χ1n) is 3.46. The summed E-state index contributed by atoms with van der Waals surface area (Å²) in [6, 6.07) is -0.0471. The second kappa shape index (κ2) is 3.34. The van der Waals surface area contributed by atoms with E-state index >= 15 is 0 Å². The van der Waals surface area contributed by atoms with E-state index in [4.69, 9.17) is 5.73 Å². The Morgan fingerprint density at radius 2 is 2.55 bits per heavy atom. The van der Waals surface area contributed by atoms with Crippen molar-refractivity contribution in [2.75, 3.05) is 7.11 Å². The fourth-order valence-corrected chi connectivity index (χ4v) is 0.960. The number of ether oxygens (including phenoxy) is 1. The summed E-state index contributed by atoms with van der Waals surface area (Å²) in [5.41, 5.74) is 6.13. The maximum atomic E-state index is 10.9. The first kappa shape index (κ1) is 8.01. The standard InChI is InChI=1S/C8H11NO2/c1-11-8(10)6-3-2-4-7(9)5-6/h2-3,5,7H,4,9H2,1H3. The Morgan fingerprint density at radius 3 is 3.09 bits per heavy atom. The number of hydrogen-bond acceptors (Lipinski definition) is 3. The lowest BCUT2D eigenvalue weighted by Gasteiger charge is -2.09. The Kier molecular flexibility index (Phi) is 2.44. The van der Waals surface area contributed by atoms with Gasteiger partial charge in [-0.25, -0.2) is 4.79 Å². The van der Waals surface area contributed by atoms with Crippen LogP contribution in [0.15, 0.2) is 23.8 Å².